The Morgan fingerprint density at radius 1 is 1.09 bits per heavy atom. The molecule has 1 aliphatic carbocycles. The fraction of sp³-hybridized carbons (Fsp3) is 0.611. The molecule has 4 nitrogen and oxygen atoms in total. The van der Waals surface area contributed by atoms with Gasteiger partial charge < -0.3 is 15.5 Å². The van der Waals surface area contributed by atoms with Gasteiger partial charge in [0.2, 0.25) is 5.91 Å². The van der Waals surface area contributed by atoms with Gasteiger partial charge in [-0.05, 0) is 37.5 Å². The molecule has 120 valence electrons. The van der Waals surface area contributed by atoms with Gasteiger partial charge in [0.25, 0.3) is 0 Å². The maximum Gasteiger partial charge on any atom is 0.225 e. The third-order valence-corrected chi connectivity index (χ3v) is 5.17. The van der Waals surface area contributed by atoms with Crippen LogP contribution >= 0.6 is 0 Å². The molecule has 0 bridgehead atoms. The van der Waals surface area contributed by atoms with E-state index in [9.17, 15) is 4.79 Å². The van der Waals surface area contributed by atoms with Crippen molar-refractivity contribution in [3.8, 4) is 0 Å². The lowest BCUT2D eigenvalue weighted by molar-refractivity contribution is -0.136. The first-order valence-electron chi connectivity index (χ1n) is 8.55. The number of anilines is 2. The zero-order valence-electron chi connectivity index (χ0n) is 13.6. The van der Waals surface area contributed by atoms with Gasteiger partial charge in [0.1, 0.15) is 0 Å². The molecule has 0 radical (unpaired) electrons. The summed E-state index contributed by atoms with van der Waals surface area (Å²) in [6.07, 6.45) is 5.92. The fourth-order valence-electron chi connectivity index (χ4n) is 3.62. The first kappa shape index (κ1) is 15.2. The molecule has 1 saturated heterocycles. The summed E-state index contributed by atoms with van der Waals surface area (Å²) < 4.78 is 0. The summed E-state index contributed by atoms with van der Waals surface area (Å²) in [6.45, 7) is 5.51. The minimum atomic E-state index is 0.287. The highest BCUT2D eigenvalue weighted by Crippen LogP contribution is 2.27. The van der Waals surface area contributed by atoms with Crippen molar-refractivity contribution in [1.29, 1.82) is 0 Å². The van der Waals surface area contributed by atoms with Crippen molar-refractivity contribution in [3.63, 3.8) is 0 Å². The van der Waals surface area contributed by atoms with Crippen LogP contribution in [0.3, 0.4) is 0 Å². The van der Waals surface area contributed by atoms with Crippen LogP contribution in [0.4, 0.5) is 11.4 Å². The summed E-state index contributed by atoms with van der Waals surface area (Å²) in [4.78, 5) is 17.0. The maximum atomic E-state index is 12.6. The van der Waals surface area contributed by atoms with Crippen LogP contribution in [0.1, 0.15) is 37.7 Å². The number of aryl methyl sites for hydroxylation is 1. The van der Waals surface area contributed by atoms with Gasteiger partial charge in [-0.1, -0.05) is 25.3 Å². The number of carbonyl (C=O) groups excluding carboxylic acids is 1. The van der Waals surface area contributed by atoms with Gasteiger partial charge in [0.15, 0.2) is 0 Å². The lowest BCUT2D eigenvalue weighted by atomic mass is 9.88. The van der Waals surface area contributed by atoms with Crippen LogP contribution in [-0.2, 0) is 4.79 Å². The number of carbonyl (C=O) groups is 1. The predicted molar refractivity (Wildman–Crippen MR) is 91.0 cm³/mol. The second-order valence-electron chi connectivity index (χ2n) is 6.69. The van der Waals surface area contributed by atoms with Crippen LogP contribution in [0, 0.1) is 12.8 Å². The molecule has 0 spiro atoms. The normalized spacial score (nSPS) is 20.2. The van der Waals surface area contributed by atoms with Crippen molar-refractivity contribution >= 4 is 17.3 Å². The second-order valence-corrected chi connectivity index (χ2v) is 6.69. The van der Waals surface area contributed by atoms with Crippen LogP contribution in [0.15, 0.2) is 18.2 Å². The molecule has 2 fully saturated rings. The average molecular weight is 301 g/mol. The van der Waals surface area contributed by atoms with Crippen LogP contribution in [0.25, 0.3) is 0 Å². The molecule has 0 aromatic heterocycles. The van der Waals surface area contributed by atoms with Crippen molar-refractivity contribution < 1.29 is 4.79 Å². The number of piperazine rings is 1. The Bertz CT molecular complexity index is 529. The summed E-state index contributed by atoms with van der Waals surface area (Å²) in [5, 5.41) is 0. The van der Waals surface area contributed by atoms with Crippen molar-refractivity contribution in [2.45, 2.75) is 39.0 Å². The number of nitrogen functional groups attached to an aromatic ring is 1. The fourth-order valence-corrected chi connectivity index (χ4v) is 3.62. The molecule has 0 atom stereocenters. The number of hydrogen-bond acceptors (Lipinski definition) is 3. The van der Waals surface area contributed by atoms with Gasteiger partial charge in [-0.2, -0.15) is 0 Å². The second kappa shape index (κ2) is 6.59. The van der Waals surface area contributed by atoms with Gasteiger partial charge in [0, 0.05) is 43.5 Å². The molecular formula is C18H27N3O. The number of benzene rings is 1. The number of hydrogen-bond donors (Lipinski definition) is 1. The monoisotopic (exact) mass is 301 g/mol. The molecule has 1 aliphatic heterocycles. The topological polar surface area (TPSA) is 49.6 Å². The molecule has 1 heterocycles. The van der Waals surface area contributed by atoms with E-state index in [0.717, 1.165) is 50.3 Å². The number of nitrogens with zero attached hydrogens (tertiary/aromatic N) is 2. The van der Waals surface area contributed by atoms with Crippen molar-refractivity contribution in [2.24, 2.45) is 5.92 Å². The lowest BCUT2D eigenvalue weighted by Crippen LogP contribution is -2.50. The zero-order valence-corrected chi connectivity index (χ0v) is 13.6. The summed E-state index contributed by atoms with van der Waals surface area (Å²) in [6, 6.07) is 6.25. The quantitative estimate of drug-likeness (QED) is 0.855. The molecule has 1 aromatic rings. The van der Waals surface area contributed by atoms with Gasteiger partial charge >= 0.3 is 0 Å². The Hall–Kier alpha value is -1.71. The van der Waals surface area contributed by atoms with Crippen LogP contribution in [-0.4, -0.2) is 37.0 Å². The Labute approximate surface area is 133 Å². The van der Waals surface area contributed by atoms with Gasteiger partial charge in [-0.3, -0.25) is 4.79 Å². The van der Waals surface area contributed by atoms with E-state index >= 15 is 0 Å². The van der Waals surface area contributed by atoms with E-state index < -0.39 is 0 Å². The average Bonchev–Trinajstić information content (AvgIpc) is 2.58. The Morgan fingerprint density at radius 2 is 1.77 bits per heavy atom. The van der Waals surface area contributed by atoms with Crippen LogP contribution < -0.4 is 10.6 Å². The van der Waals surface area contributed by atoms with E-state index in [2.05, 4.69) is 21.9 Å². The van der Waals surface area contributed by atoms with E-state index in [1.165, 1.54) is 24.9 Å². The zero-order chi connectivity index (χ0) is 15.5. The summed E-state index contributed by atoms with van der Waals surface area (Å²) in [5.41, 5.74) is 9.15. The highest BCUT2D eigenvalue weighted by molar-refractivity contribution is 5.79. The van der Waals surface area contributed by atoms with E-state index in [0.29, 0.717) is 5.91 Å². The van der Waals surface area contributed by atoms with Crippen LogP contribution in [0.5, 0.6) is 0 Å². The highest BCUT2D eigenvalue weighted by atomic mass is 16.2. The molecule has 2 N–H and O–H groups in total. The van der Waals surface area contributed by atoms with Crippen LogP contribution in [0.2, 0.25) is 0 Å². The summed E-state index contributed by atoms with van der Waals surface area (Å²) >= 11 is 0. The Kier molecular flexibility index (Phi) is 4.55. The Morgan fingerprint density at radius 3 is 2.41 bits per heavy atom. The summed E-state index contributed by atoms with van der Waals surface area (Å²) in [5.74, 6) is 0.679. The molecule has 2 aliphatic rings. The number of nitrogens with two attached hydrogens (primary N) is 1. The minimum absolute atomic E-state index is 0.287. The molecule has 3 rings (SSSR count). The standard InChI is InChI=1S/C18H27N3O/c1-14-7-8-16(13-17(14)19)20-9-11-21(12-10-20)18(22)15-5-3-2-4-6-15/h7-8,13,15H,2-6,9-12,19H2,1H3. The predicted octanol–water partition coefficient (Wildman–Crippen LogP) is 2.81. The Balaban J connectivity index is 1.57. The molecule has 1 aromatic carbocycles. The molecule has 1 amide bonds. The molecule has 4 heteroatoms. The maximum absolute atomic E-state index is 12.6. The third-order valence-electron chi connectivity index (χ3n) is 5.17. The first-order valence-corrected chi connectivity index (χ1v) is 8.55. The largest absolute Gasteiger partial charge is 0.398 e. The number of rotatable bonds is 2. The van der Waals surface area contributed by atoms with Gasteiger partial charge in [-0.25, -0.2) is 0 Å². The lowest BCUT2D eigenvalue weighted by Gasteiger charge is -2.38. The van der Waals surface area contributed by atoms with Crippen molar-refractivity contribution in [3.05, 3.63) is 23.8 Å². The van der Waals surface area contributed by atoms with E-state index in [1.807, 2.05) is 13.0 Å². The molecular weight excluding hydrogens is 274 g/mol. The summed E-state index contributed by atoms with van der Waals surface area (Å²) in [7, 11) is 0. The molecule has 1 saturated carbocycles. The third kappa shape index (κ3) is 3.21. The van der Waals surface area contributed by atoms with Crippen molar-refractivity contribution in [1.82, 2.24) is 4.90 Å². The number of amides is 1. The van der Waals surface area contributed by atoms with Gasteiger partial charge in [0.05, 0.1) is 0 Å². The first-order chi connectivity index (χ1) is 10.6. The van der Waals surface area contributed by atoms with E-state index in [-0.39, 0.29) is 5.92 Å². The van der Waals surface area contributed by atoms with Crippen molar-refractivity contribution in [2.75, 3.05) is 36.8 Å². The molecule has 22 heavy (non-hydrogen) atoms. The van der Waals surface area contributed by atoms with E-state index in [4.69, 9.17) is 5.73 Å². The van der Waals surface area contributed by atoms with E-state index in [1.54, 1.807) is 0 Å². The minimum Gasteiger partial charge on any atom is -0.398 e. The van der Waals surface area contributed by atoms with Gasteiger partial charge in [-0.15, -0.1) is 0 Å². The highest BCUT2D eigenvalue weighted by Gasteiger charge is 2.28. The SMILES string of the molecule is Cc1ccc(N2CCN(C(=O)C3CCCCC3)CC2)cc1N. The molecule has 0 unspecified atom stereocenters. The smallest absolute Gasteiger partial charge is 0.225 e.